The fraction of sp³-hybridized carbons (Fsp3) is 0.941. The number of alkyl carbamates (subject to hydrolysis) is 1. The van der Waals surface area contributed by atoms with E-state index in [-0.39, 0.29) is 12.1 Å². The second-order valence-electron chi connectivity index (χ2n) is 7.87. The number of carbonyl (C=O) groups excluding carboxylic acids is 1. The average Bonchev–Trinajstić information content (AvgIpc) is 2.34. The highest BCUT2D eigenvalue weighted by Crippen LogP contribution is 2.20. The maximum Gasteiger partial charge on any atom is 0.407 e. The zero-order valence-corrected chi connectivity index (χ0v) is 15.2. The van der Waals surface area contributed by atoms with Gasteiger partial charge in [0.05, 0.1) is 0 Å². The van der Waals surface area contributed by atoms with Crippen LogP contribution in [-0.2, 0) is 4.74 Å². The van der Waals surface area contributed by atoms with E-state index < -0.39 is 5.60 Å². The molecule has 2 N–H and O–H groups in total. The van der Waals surface area contributed by atoms with Crippen LogP contribution in [0, 0.1) is 0 Å². The largest absolute Gasteiger partial charge is 0.444 e. The molecule has 1 aliphatic rings. The molecule has 3 unspecified atom stereocenters. The molecule has 0 aromatic heterocycles. The van der Waals surface area contributed by atoms with Gasteiger partial charge < -0.3 is 20.3 Å². The van der Waals surface area contributed by atoms with Crippen LogP contribution in [0.2, 0.25) is 0 Å². The lowest BCUT2D eigenvalue weighted by atomic mass is 9.90. The number of rotatable bonds is 6. The Balaban J connectivity index is 2.33. The predicted octanol–water partition coefficient (Wildman–Crippen LogP) is 2.75. The average molecular weight is 313 g/mol. The van der Waals surface area contributed by atoms with E-state index in [1.165, 1.54) is 6.42 Å². The van der Waals surface area contributed by atoms with Crippen molar-refractivity contribution < 1.29 is 9.53 Å². The van der Waals surface area contributed by atoms with Gasteiger partial charge in [-0.05, 0) is 80.4 Å². The predicted molar refractivity (Wildman–Crippen MR) is 91.2 cm³/mol. The Labute approximate surface area is 136 Å². The van der Waals surface area contributed by atoms with Crippen molar-refractivity contribution in [1.82, 2.24) is 15.5 Å². The van der Waals surface area contributed by atoms with Crippen LogP contribution in [0.25, 0.3) is 0 Å². The van der Waals surface area contributed by atoms with E-state index in [1.54, 1.807) is 0 Å². The smallest absolute Gasteiger partial charge is 0.407 e. The molecule has 0 aliphatic heterocycles. The van der Waals surface area contributed by atoms with Gasteiger partial charge in [-0.3, -0.25) is 0 Å². The van der Waals surface area contributed by atoms with Gasteiger partial charge in [0, 0.05) is 18.1 Å². The van der Waals surface area contributed by atoms with Gasteiger partial charge in [-0.1, -0.05) is 0 Å². The summed E-state index contributed by atoms with van der Waals surface area (Å²) in [5.74, 6) is 0. The summed E-state index contributed by atoms with van der Waals surface area (Å²) >= 11 is 0. The molecular formula is C17H35N3O2. The van der Waals surface area contributed by atoms with Crippen molar-refractivity contribution in [2.75, 3.05) is 20.6 Å². The van der Waals surface area contributed by atoms with Gasteiger partial charge in [-0.25, -0.2) is 4.79 Å². The molecule has 0 aromatic rings. The Morgan fingerprint density at radius 1 is 1.27 bits per heavy atom. The number of nitrogens with zero attached hydrogens (tertiary/aromatic N) is 1. The standard InChI is InChI=1S/C17H35N3O2/c1-13(10-11-20(5)6)18-14-8-7-9-15(12-14)19-16(21)22-17(2,3)4/h13-15,18H,7-12H2,1-6H3,(H,19,21). The molecule has 0 bridgehead atoms. The summed E-state index contributed by atoms with van der Waals surface area (Å²) in [5, 5.41) is 6.73. The molecule has 22 heavy (non-hydrogen) atoms. The molecule has 0 saturated heterocycles. The Morgan fingerprint density at radius 2 is 1.91 bits per heavy atom. The second-order valence-corrected chi connectivity index (χ2v) is 7.87. The minimum Gasteiger partial charge on any atom is -0.444 e. The summed E-state index contributed by atoms with van der Waals surface area (Å²) in [5.41, 5.74) is -0.433. The van der Waals surface area contributed by atoms with Crippen molar-refractivity contribution >= 4 is 6.09 Å². The van der Waals surface area contributed by atoms with Gasteiger partial charge in [0.2, 0.25) is 0 Å². The minimum absolute atomic E-state index is 0.224. The van der Waals surface area contributed by atoms with Crippen molar-refractivity contribution in [3.05, 3.63) is 0 Å². The van der Waals surface area contributed by atoms with Crippen LogP contribution in [0.1, 0.15) is 59.8 Å². The molecule has 1 aliphatic carbocycles. The van der Waals surface area contributed by atoms with Gasteiger partial charge in [-0.2, -0.15) is 0 Å². The molecule has 1 rings (SSSR count). The SMILES string of the molecule is CC(CCN(C)C)NC1CCCC(NC(=O)OC(C)(C)C)C1. The highest BCUT2D eigenvalue weighted by molar-refractivity contribution is 5.68. The van der Waals surface area contributed by atoms with Crippen LogP contribution in [0.5, 0.6) is 0 Å². The Hall–Kier alpha value is -0.810. The maximum atomic E-state index is 11.9. The lowest BCUT2D eigenvalue weighted by Crippen LogP contribution is -2.47. The lowest BCUT2D eigenvalue weighted by Gasteiger charge is -2.33. The first-order chi connectivity index (χ1) is 10.2. The van der Waals surface area contributed by atoms with Gasteiger partial charge in [-0.15, -0.1) is 0 Å². The normalized spacial score (nSPS) is 24.1. The molecule has 0 spiro atoms. The summed E-state index contributed by atoms with van der Waals surface area (Å²) in [6, 6.07) is 1.22. The van der Waals surface area contributed by atoms with Crippen LogP contribution in [0.4, 0.5) is 4.79 Å². The van der Waals surface area contributed by atoms with Crippen molar-refractivity contribution in [3.8, 4) is 0 Å². The van der Waals surface area contributed by atoms with E-state index >= 15 is 0 Å². The van der Waals surface area contributed by atoms with Crippen molar-refractivity contribution in [3.63, 3.8) is 0 Å². The Kier molecular flexibility index (Phi) is 7.63. The molecule has 3 atom stereocenters. The van der Waals surface area contributed by atoms with E-state index in [4.69, 9.17) is 4.74 Å². The maximum absolute atomic E-state index is 11.9. The summed E-state index contributed by atoms with van der Waals surface area (Å²) in [6.45, 7) is 9.02. The number of ether oxygens (including phenoxy) is 1. The van der Waals surface area contributed by atoms with Crippen LogP contribution in [0.15, 0.2) is 0 Å². The second kappa shape index (κ2) is 8.73. The van der Waals surface area contributed by atoms with Gasteiger partial charge in [0.1, 0.15) is 5.60 Å². The quantitative estimate of drug-likeness (QED) is 0.792. The van der Waals surface area contributed by atoms with E-state index in [9.17, 15) is 4.79 Å². The topological polar surface area (TPSA) is 53.6 Å². The van der Waals surface area contributed by atoms with Crippen LogP contribution >= 0.6 is 0 Å². The molecule has 1 saturated carbocycles. The van der Waals surface area contributed by atoms with E-state index in [2.05, 4.69) is 36.6 Å². The molecule has 130 valence electrons. The third-order valence-corrected chi connectivity index (χ3v) is 3.92. The van der Waals surface area contributed by atoms with Gasteiger partial charge >= 0.3 is 6.09 Å². The number of amides is 1. The number of hydrogen-bond acceptors (Lipinski definition) is 4. The molecule has 5 heteroatoms. The van der Waals surface area contributed by atoms with Crippen molar-refractivity contribution in [2.24, 2.45) is 0 Å². The lowest BCUT2D eigenvalue weighted by molar-refractivity contribution is 0.0488. The van der Waals surface area contributed by atoms with Crippen LogP contribution < -0.4 is 10.6 Å². The first-order valence-corrected chi connectivity index (χ1v) is 8.56. The van der Waals surface area contributed by atoms with Gasteiger partial charge in [0.25, 0.3) is 0 Å². The van der Waals surface area contributed by atoms with E-state index in [0.29, 0.717) is 12.1 Å². The molecule has 5 nitrogen and oxygen atoms in total. The third-order valence-electron chi connectivity index (χ3n) is 3.92. The zero-order chi connectivity index (χ0) is 16.8. The molecule has 0 radical (unpaired) electrons. The molecule has 1 fully saturated rings. The highest BCUT2D eigenvalue weighted by Gasteiger charge is 2.26. The number of carbonyl (C=O) groups is 1. The third kappa shape index (κ3) is 8.59. The van der Waals surface area contributed by atoms with E-state index in [0.717, 1.165) is 32.2 Å². The summed E-state index contributed by atoms with van der Waals surface area (Å²) < 4.78 is 5.35. The van der Waals surface area contributed by atoms with Gasteiger partial charge in [0.15, 0.2) is 0 Å². The van der Waals surface area contributed by atoms with E-state index in [1.807, 2.05) is 20.8 Å². The fourth-order valence-electron chi connectivity index (χ4n) is 2.88. The first kappa shape index (κ1) is 19.2. The molecular weight excluding hydrogens is 278 g/mol. The number of nitrogens with one attached hydrogen (secondary N) is 2. The molecule has 1 amide bonds. The number of hydrogen-bond donors (Lipinski definition) is 2. The fourth-order valence-corrected chi connectivity index (χ4v) is 2.88. The van der Waals surface area contributed by atoms with Crippen LogP contribution in [-0.4, -0.2) is 55.4 Å². The summed E-state index contributed by atoms with van der Waals surface area (Å²) in [4.78, 5) is 14.1. The Morgan fingerprint density at radius 3 is 2.50 bits per heavy atom. The van der Waals surface area contributed by atoms with Crippen LogP contribution in [0.3, 0.4) is 0 Å². The monoisotopic (exact) mass is 313 g/mol. The minimum atomic E-state index is -0.433. The summed E-state index contributed by atoms with van der Waals surface area (Å²) in [6.07, 6.45) is 5.24. The summed E-state index contributed by atoms with van der Waals surface area (Å²) in [7, 11) is 4.21. The van der Waals surface area contributed by atoms with Crippen molar-refractivity contribution in [1.29, 1.82) is 0 Å². The highest BCUT2D eigenvalue weighted by atomic mass is 16.6. The molecule has 0 heterocycles. The first-order valence-electron chi connectivity index (χ1n) is 8.56. The Bertz CT molecular complexity index is 339. The zero-order valence-electron chi connectivity index (χ0n) is 15.2. The molecule has 0 aromatic carbocycles. The van der Waals surface area contributed by atoms with Crippen molar-refractivity contribution in [2.45, 2.75) is 83.5 Å².